The first kappa shape index (κ1) is 18.6. The van der Waals surface area contributed by atoms with Crippen molar-refractivity contribution in [2.24, 2.45) is 5.92 Å². The predicted molar refractivity (Wildman–Crippen MR) is 89.5 cm³/mol. The van der Waals surface area contributed by atoms with Gasteiger partial charge in [0.2, 0.25) is 6.41 Å². The number of carboxylic acid groups (broad SMARTS) is 1. The van der Waals surface area contributed by atoms with Crippen LogP contribution in [-0.4, -0.2) is 54.5 Å². The van der Waals surface area contributed by atoms with Gasteiger partial charge >= 0.3 is 5.97 Å². The van der Waals surface area contributed by atoms with Crippen LogP contribution >= 0.6 is 15.9 Å². The zero-order valence-corrected chi connectivity index (χ0v) is 14.6. The summed E-state index contributed by atoms with van der Waals surface area (Å²) in [5.41, 5.74) is 1.28. The van der Waals surface area contributed by atoms with Crippen LogP contribution in [0.1, 0.15) is 18.4 Å². The van der Waals surface area contributed by atoms with Crippen LogP contribution in [0.4, 0.5) is 0 Å². The average Bonchev–Trinajstić information content (AvgIpc) is 2.50. The summed E-state index contributed by atoms with van der Waals surface area (Å²) in [4.78, 5) is 24.0. The number of carboxylic acids is 1. The zero-order chi connectivity index (χ0) is 16.5. The topological polar surface area (TPSA) is 60.9 Å². The van der Waals surface area contributed by atoms with Crippen LogP contribution in [-0.2, 0) is 16.1 Å². The summed E-state index contributed by atoms with van der Waals surface area (Å²) in [6.45, 7) is 2.68. The maximum Gasteiger partial charge on any atom is 0.306 e. The lowest BCUT2D eigenvalue weighted by Crippen LogP contribution is -2.35. The number of likely N-dealkylation sites (tertiary alicyclic amines) is 1. The summed E-state index contributed by atoms with van der Waals surface area (Å²) < 4.78 is 1.09. The first-order valence-corrected chi connectivity index (χ1v) is 8.03. The van der Waals surface area contributed by atoms with Gasteiger partial charge in [-0.1, -0.05) is 28.1 Å². The predicted octanol–water partition coefficient (Wildman–Crippen LogP) is 2.45. The van der Waals surface area contributed by atoms with E-state index in [0.29, 0.717) is 0 Å². The number of carbonyl (C=O) groups is 2. The number of halogens is 1. The second-order valence-electron chi connectivity index (χ2n) is 5.58. The largest absolute Gasteiger partial charge is 0.481 e. The summed E-state index contributed by atoms with van der Waals surface area (Å²) in [6.07, 6.45) is 2.29. The molecule has 0 atom stereocenters. The van der Waals surface area contributed by atoms with E-state index in [2.05, 4.69) is 33.0 Å². The molecule has 0 unspecified atom stereocenters. The minimum atomic E-state index is -0.645. The molecule has 1 amide bonds. The number of rotatable bonds is 4. The Morgan fingerprint density at radius 2 is 1.82 bits per heavy atom. The van der Waals surface area contributed by atoms with Crippen LogP contribution in [0, 0.1) is 5.92 Å². The molecule has 5 nitrogen and oxygen atoms in total. The highest BCUT2D eigenvalue weighted by molar-refractivity contribution is 9.10. The molecule has 1 heterocycles. The van der Waals surface area contributed by atoms with Gasteiger partial charge in [-0.25, -0.2) is 0 Å². The lowest BCUT2D eigenvalue weighted by atomic mass is 9.97. The van der Waals surface area contributed by atoms with Crippen LogP contribution in [0.15, 0.2) is 28.7 Å². The third-order valence-electron chi connectivity index (χ3n) is 3.47. The molecular formula is C16H23BrN2O3. The zero-order valence-electron chi connectivity index (χ0n) is 13.0. The smallest absolute Gasteiger partial charge is 0.306 e. The normalized spacial score (nSPS) is 15.6. The van der Waals surface area contributed by atoms with Gasteiger partial charge in [-0.15, -0.1) is 0 Å². The lowest BCUT2D eigenvalue weighted by molar-refractivity contribution is -0.143. The Hall–Kier alpha value is -1.40. The van der Waals surface area contributed by atoms with Gasteiger partial charge in [0, 0.05) is 25.1 Å². The van der Waals surface area contributed by atoms with Crippen molar-refractivity contribution in [3.05, 3.63) is 34.3 Å². The second kappa shape index (κ2) is 9.58. The molecule has 1 aromatic carbocycles. The van der Waals surface area contributed by atoms with Crippen LogP contribution in [0.5, 0.6) is 0 Å². The van der Waals surface area contributed by atoms with Crippen LogP contribution in [0.3, 0.4) is 0 Å². The monoisotopic (exact) mass is 370 g/mol. The summed E-state index contributed by atoms with van der Waals surface area (Å²) in [5, 5.41) is 8.92. The average molecular weight is 371 g/mol. The number of benzene rings is 1. The Labute approximate surface area is 140 Å². The van der Waals surface area contributed by atoms with Crippen molar-refractivity contribution in [3.63, 3.8) is 0 Å². The van der Waals surface area contributed by atoms with Crippen LogP contribution < -0.4 is 0 Å². The van der Waals surface area contributed by atoms with Gasteiger partial charge in [0.05, 0.1) is 5.92 Å². The third kappa shape index (κ3) is 7.04. The first-order valence-electron chi connectivity index (χ1n) is 7.23. The first-order chi connectivity index (χ1) is 10.4. The molecule has 22 heavy (non-hydrogen) atoms. The van der Waals surface area contributed by atoms with Crippen molar-refractivity contribution in [3.8, 4) is 0 Å². The molecule has 0 spiro atoms. The Morgan fingerprint density at radius 3 is 2.23 bits per heavy atom. The van der Waals surface area contributed by atoms with E-state index in [-0.39, 0.29) is 5.92 Å². The Kier molecular flexibility index (Phi) is 8.12. The third-order valence-corrected chi connectivity index (χ3v) is 4.00. The minimum Gasteiger partial charge on any atom is -0.481 e. The minimum absolute atomic E-state index is 0.142. The van der Waals surface area contributed by atoms with Crippen molar-refractivity contribution in [2.45, 2.75) is 19.4 Å². The van der Waals surface area contributed by atoms with Crippen LogP contribution in [0.2, 0.25) is 0 Å². The van der Waals surface area contributed by atoms with Crippen molar-refractivity contribution in [2.75, 3.05) is 27.2 Å². The van der Waals surface area contributed by atoms with Crippen molar-refractivity contribution < 1.29 is 14.7 Å². The van der Waals surface area contributed by atoms with Gasteiger partial charge in [-0.05, 0) is 43.6 Å². The molecule has 2 rings (SSSR count). The SMILES string of the molecule is CN(C)C=O.O=C(O)C1CCN(Cc2ccc(Br)cc2)CC1. The number of hydrogen-bond acceptors (Lipinski definition) is 3. The molecule has 1 fully saturated rings. The second-order valence-corrected chi connectivity index (χ2v) is 6.50. The van der Waals surface area contributed by atoms with E-state index < -0.39 is 5.97 Å². The molecule has 0 aromatic heterocycles. The molecule has 0 aliphatic carbocycles. The fraction of sp³-hybridized carbons (Fsp3) is 0.500. The van der Waals surface area contributed by atoms with Crippen molar-refractivity contribution in [1.29, 1.82) is 0 Å². The number of hydrogen-bond donors (Lipinski definition) is 1. The summed E-state index contributed by atoms with van der Waals surface area (Å²) in [6, 6.07) is 8.29. The number of amides is 1. The molecular weight excluding hydrogens is 348 g/mol. The number of piperidine rings is 1. The van der Waals surface area contributed by atoms with Gasteiger partial charge < -0.3 is 10.0 Å². The van der Waals surface area contributed by atoms with E-state index in [1.807, 2.05) is 12.1 Å². The molecule has 122 valence electrons. The summed E-state index contributed by atoms with van der Waals surface area (Å²) in [5.74, 6) is -0.788. The summed E-state index contributed by atoms with van der Waals surface area (Å²) >= 11 is 3.42. The van der Waals surface area contributed by atoms with Gasteiger partial charge in [0.15, 0.2) is 0 Å². The fourth-order valence-corrected chi connectivity index (χ4v) is 2.45. The van der Waals surface area contributed by atoms with E-state index in [1.54, 1.807) is 14.1 Å². The maximum atomic E-state index is 10.8. The quantitative estimate of drug-likeness (QED) is 0.826. The highest BCUT2D eigenvalue weighted by Crippen LogP contribution is 2.19. The number of carbonyl (C=O) groups excluding carboxylic acids is 1. The highest BCUT2D eigenvalue weighted by Gasteiger charge is 2.24. The Morgan fingerprint density at radius 1 is 1.32 bits per heavy atom. The van der Waals surface area contributed by atoms with Gasteiger partial charge in [-0.2, -0.15) is 0 Å². The maximum absolute atomic E-state index is 10.8. The highest BCUT2D eigenvalue weighted by atomic mass is 79.9. The molecule has 1 aliphatic heterocycles. The Balaban J connectivity index is 0.000000422. The Bertz CT molecular complexity index is 469. The van der Waals surface area contributed by atoms with E-state index >= 15 is 0 Å². The molecule has 0 saturated carbocycles. The van der Waals surface area contributed by atoms with E-state index in [9.17, 15) is 9.59 Å². The van der Waals surface area contributed by atoms with Crippen molar-refractivity contribution in [1.82, 2.24) is 9.80 Å². The van der Waals surface area contributed by atoms with Crippen molar-refractivity contribution >= 4 is 28.3 Å². The van der Waals surface area contributed by atoms with E-state index in [0.717, 1.165) is 43.4 Å². The molecule has 1 saturated heterocycles. The molecule has 0 bridgehead atoms. The summed E-state index contributed by atoms with van der Waals surface area (Å²) in [7, 11) is 3.38. The molecule has 1 N–H and O–H groups in total. The molecule has 6 heteroatoms. The van der Waals surface area contributed by atoms with Crippen LogP contribution in [0.25, 0.3) is 0 Å². The van der Waals surface area contributed by atoms with Gasteiger partial charge in [0.25, 0.3) is 0 Å². The molecule has 1 aliphatic rings. The van der Waals surface area contributed by atoms with Gasteiger partial charge in [-0.3, -0.25) is 14.5 Å². The van der Waals surface area contributed by atoms with E-state index in [4.69, 9.17) is 5.11 Å². The number of nitrogens with zero attached hydrogens (tertiary/aromatic N) is 2. The molecule has 1 aromatic rings. The molecule has 0 radical (unpaired) electrons. The lowest BCUT2D eigenvalue weighted by Gasteiger charge is -2.29. The van der Waals surface area contributed by atoms with E-state index in [1.165, 1.54) is 10.5 Å². The fourth-order valence-electron chi connectivity index (χ4n) is 2.19. The standard InChI is InChI=1S/C13H16BrNO2.C3H7NO/c14-12-3-1-10(2-4-12)9-15-7-5-11(6-8-15)13(16)17;1-4(2)3-5/h1-4,11H,5-9H2,(H,16,17);3H,1-2H3. The number of aliphatic carboxylic acids is 1. The van der Waals surface area contributed by atoms with Gasteiger partial charge in [0.1, 0.15) is 0 Å².